The van der Waals surface area contributed by atoms with Crippen LogP contribution in [0.1, 0.15) is 0 Å². The molecule has 106 valence electrons. The van der Waals surface area contributed by atoms with Gasteiger partial charge < -0.3 is 16.0 Å². The molecule has 0 aliphatic heterocycles. The van der Waals surface area contributed by atoms with Crippen molar-refractivity contribution in [3.63, 3.8) is 0 Å². The fraction of sp³-hybridized carbons (Fsp3) is 0.133. The van der Waals surface area contributed by atoms with Crippen molar-refractivity contribution in [2.75, 3.05) is 30.0 Å². The van der Waals surface area contributed by atoms with E-state index in [0.717, 1.165) is 16.6 Å². The highest BCUT2D eigenvalue weighted by Crippen LogP contribution is 2.30. The summed E-state index contributed by atoms with van der Waals surface area (Å²) < 4.78 is 0. The minimum Gasteiger partial charge on any atom is -0.393 e. The van der Waals surface area contributed by atoms with Crippen LogP contribution in [0.5, 0.6) is 0 Å². The number of rotatable bonds is 3. The van der Waals surface area contributed by atoms with Crippen molar-refractivity contribution in [3.05, 3.63) is 42.9 Å². The predicted molar refractivity (Wildman–Crippen MR) is 85.8 cm³/mol. The maximum Gasteiger partial charge on any atom is 0.159 e. The number of anilines is 4. The van der Waals surface area contributed by atoms with Crippen LogP contribution < -0.4 is 16.0 Å². The fourth-order valence-electron chi connectivity index (χ4n) is 2.18. The summed E-state index contributed by atoms with van der Waals surface area (Å²) in [5.41, 5.74) is 8.48. The fourth-order valence-corrected chi connectivity index (χ4v) is 2.18. The third-order valence-electron chi connectivity index (χ3n) is 3.19. The van der Waals surface area contributed by atoms with Gasteiger partial charge in [0, 0.05) is 31.4 Å². The number of hydrogen-bond acceptors (Lipinski definition) is 6. The number of pyridine rings is 1. The van der Waals surface area contributed by atoms with Crippen LogP contribution in [0.25, 0.3) is 10.9 Å². The van der Waals surface area contributed by atoms with Crippen molar-refractivity contribution in [2.24, 2.45) is 0 Å². The minimum atomic E-state index is 0.517. The molecule has 6 nitrogen and oxygen atoms in total. The highest BCUT2D eigenvalue weighted by Gasteiger charge is 2.11. The summed E-state index contributed by atoms with van der Waals surface area (Å²) >= 11 is 0. The van der Waals surface area contributed by atoms with Gasteiger partial charge in [0.1, 0.15) is 12.0 Å². The first kappa shape index (κ1) is 13.1. The van der Waals surface area contributed by atoms with Gasteiger partial charge in [-0.25, -0.2) is 9.97 Å². The molecule has 1 aromatic carbocycles. The lowest BCUT2D eigenvalue weighted by atomic mass is 10.2. The van der Waals surface area contributed by atoms with Crippen molar-refractivity contribution in [1.29, 1.82) is 0 Å². The monoisotopic (exact) mass is 280 g/mol. The lowest BCUT2D eigenvalue weighted by Gasteiger charge is -2.16. The first-order valence-corrected chi connectivity index (χ1v) is 6.55. The molecule has 0 atom stereocenters. The van der Waals surface area contributed by atoms with Gasteiger partial charge in [-0.05, 0) is 24.3 Å². The maximum absolute atomic E-state index is 6.13. The van der Waals surface area contributed by atoms with Crippen molar-refractivity contribution < 1.29 is 0 Å². The molecule has 3 rings (SSSR count). The van der Waals surface area contributed by atoms with Crippen LogP contribution >= 0.6 is 0 Å². The second-order valence-corrected chi connectivity index (χ2v) is 4.85. The van der Waals surface area contributed by atoms with Crippen LogP contribution in [-0.2, 0) is 0 Å². The number of benzene rings is 1. The van der Waals surface area contributed by atoms with E-state index in [1.807, 2.05) is 49.3 Å². The number of hydrogen-bond donors (Lipinski definition) is 2. The van der Waals surface area contributed by atoms with Gasteiger partial charge in [-0.15, -0.1) is 0 Å². The van der Waals surface area contributed by atoms with E-state index in [2.05, 4.69) is 20.3 Å². The first-order chi connectivity index (χ1) is 10.2. The molecule has 2 aromatic heterocycles. The number of nitrogens with zero attached hydrogens (tertiary/aromatic N) is 4. The Morgan fingerprint density at radius 1 is 1.05 bits per heavy atom. The number of fused-ring (bicyclic) bond motifs is 1. The normalized spacial score (nSPS) is 10.6. The number of nitrogens with two attached hydrogens (primary N) is 1. The van der Waals surface area contributed by atoms with Crippen LogP contribution in [-0.4, -0.2) is 29.0 Å². The van der Waals surface area contributed by atoms with Gasteiger partial charge in [-0.2, -0.15) is 0 Å². The third-order valence-corrected chi connectivity index (χ3v) is 3.19. The lowest BCUT2D eigenvalue weighted by molar-refractivity contribution is 1.04. The van der Waals surface area contributed by atoms with E-state index in [0.29, 0.717) is 17.3 Å². The van der Waals surface area contributed by atoms with E-state index in [1.54, 1.807) is 6.20 Å². The summed E-state index contributed by atoms with van der Waals surface area (Å²) in [7, 11) is 3.79. The van der Waals surface area contributed by atoms with Gasteiger partial charge in [-0.1, -0.05) is 6.07 Å². The molecule has 0 saturated heterocycles. The van der Waals surface area contributed by atoms with Gasteiger partial charge in [0.25, 0.3) is 0 Å². The highest BCUT2D eigenvalue weighted by molar-refractivity contribution is 5.94. The Kier molecular flexibility index (Phi) is 3.27. The zero-order valence-electron chi connectivity index (χ0n) is 11.9. The number of nitrogens with one attached hydrogen (secondary N) is 1. The van der Waals surface area contributed by atoms with Crippen LogP contribution in [0.15, 0.2) is 42.9 Å². The lowest BCUT2D eigenvalue weighted by Crippen LogP contribution is -2.14. The molecular weight excluding hydrogens is 264 g/mol. The molecule has 2 heterocycles. The SMILES string of the molecule is CN(C)c1ncnc(Nc2cccc3ncccc23)c1N. The molecule has 21 heavy (non-hydrogen) atoms. The van der Waals surface area contributed by atoms with E-state index >= 15 is 0 Å². The van der Waals surface area contributed by atoms with E-state index in [9.17, 15) is 0 Å². The predicted octanol–water partition coefficient (Wildman–Crippen LogP) is 2.42. The van der Waals surface area contributed by atoms with Crippen LogP contribution in [0.2, 0.25) is 0 Å². The van der Waals surface area contributed by atoms with E-state index in [-0.39, 0.29) is 0 Å². The van der Waals surface area contributed by atoms with Crippen LogP contribution in [0.3, 0.4) is 0 Å². The Morgan fingerprint density at radius 2 is 1.90 bits per heavy atom. The van der Waals surface area contributed by atoms with E-state index in [1.165, 1.54) is 6.33 Å². The molecule has 0 bridgehead atoms. The van der Waals surface area contributed by atoms with Gasteiger partial charge in [0.15, 0.2) is 11.6 Å². The zero-order valence-corrected chi connectivity index (χ0v) is 11.9. The largest absolute Gasteiger partial charge is 0.393 e. The van der Waals surface area contributed by atoms with Gasteiger partial charge in [-0.3, -0.25) is 4.98 Å². The molecular formula is C15H16N6. The van der Waals surface area contributed by atoms with Gasteiger partial charge in [0.05, 0.1) is 5.52 Å². The molecule has 0 aliphatic rings. The van der Waals surface area contributed by atoms with Gasteiger partial charge >= 0.3 is 0 Å². The van der Waals surface area contributed by atoms with Crippen LogP contribution in [0.4, 0.5) is 23.0 Å². The molecule has 0 saturated carbocycles. The number of nitrogen functional groups attached to an aromatic ring is 1. The Labute approximate surface area is 122 Å². The summed E-state index contributed by atoms with van der Waals surface area (Å²) in [5.74, 6) is 1.27. The maximum atomic E-state index is 6.13. The number of aromatic nitrogens is 3. The molecule has 0 fully saturated rings. The Bertz CT molecular complexity index is 779. The Hall–Kier alpha value is -2.89. The van der Waals surface area contributed by atoms with Crippen molar-refractivity contribution in [2.45, 2.75) is 0 Å². The minimum absolute atomic E-state index is 0.517. The van der Waals surface area contributed by atoms with Gasteiger partial charge in [0.2, 0.25) is 0 Å². The van der Waals surface area contributed by atoms with E-state index < -0.39 is 0 Å². The summed E-state index contributed by atoms with van der Waals surface area (Å²) in [4.78, 5) is 14.6. The molecule has 3 N–H and O–H groups in total. The zero-order chi connectivity index (χ0) is 14.8. The van der Waals surface area contributed by atoms with Crippen molar-refractivity contribution in [1.82, 2.24) is 15.0 Å². The molecule has 0 radical (unpaired) electrons. The summed E-state index contributed by atoms with van der Waals surface area (Å²) in [6.45, 7) is 0. The molecule has 0 amide bonds. The second-order valence-electron chi connectivity index (χ2n) is 4.85. The van der Waals surface area contributed by atoms with Crippen LogP contribution in [0, 0.1) is 0 Å². The standard InChI is InChI=1S/C15H16N6/c1-21(2)15-13(16)14(18-9-19-15)20-12-7-3-6-11-10(12)5-4-8-17-11/h3-9H,16H2,1-2H3,(H,18,19,20). The first-order valence-electron chi connectivity index (χ1n) is 6.55. The topological polar surface area (TPSA) is 80.0 Å². The molecule has 0 spiro atoms. The smallest absolute Gasteiger partial charge is 0.159 e. The Balaban J connectivity index is 2.05. The molecule has 0 unspecified atom stereocenters. The van der Waals surface area contributed by atoms with Crippen molar-refractivity contribution in [3.8, 4) is 0 Å². The summed E-state index contributed by atoms with van der Waals surface area (Å²) in [6.07, 6.45) is 3.27. The van der Waals surface area contributed by atoms with E-state index in [4.69, 9.17) is 5.73 Å². The molecule has 0 aliphatic carbocycles. The highest BCUT2D eigenvalue weighted by atomic mass is 15.2. The van der Waals surface area contributed by atoms with Crippen molar-refractivity contribution >= 4 is 33.9 Å². The third kappa shape index (κ3) is 2.43. The quantitative estimate of drug-likeness (QED) is 0.767. The summed E-state index contributed by atoms with van der Waals surface area (Å²) in [5, 5.41) is 4.29. The molecule has 6 heteroatoms. The second kappa shape index (κ2) is 5.24. The summed E-state index contributed by atoms with van der Waals surface area (Å²) in [6, 6.07) is 9.80. The molecule has 3 aromatic rings. The average Bonchev–Trinajstić information content (AvgIpc) is 2.49. The average molecular weight is 280 g/mol. The Morgan fingerprint density at radius 3 is 2.71 bits per heavy atom.